The molecule has 148 valence electrons. The maximum atomic E-state index is 13.7. The summed E-state index contributed by atoms with van der Waals surface area (Å²) < 4.78 is 19.1. The van der Waals surface area contributed by atoms with Crippen molar-refractivity contribution >= 4 is 11.1 Å². The Kier molecular flexibility index (Phi) is 5.76. The van der Waals surface area contributed by atoms with E-state index in [1.54, 1.807) is 7.11 Å². The van der Waals surface area contributed by atoms with Crippen LogP contribution < -0.4 is 4.74 Å². The second kappa shape index (κ2) is 8.79. The molecule has 4 rings (SSSR count). The van der Waals surface area contributed by atoms with E-state index in [2.05, 4.69) is 55.5 Å². The van der Waals surface area contributed by atoms with Crippen molar-refractivity contribution in [2.75, 3.05) is 7.11 Å². The lowest BCUT2D eigenvalue weighted by molar-refractivity contribution is 0.415. The van der Waals surface area contributed by atoms with Crippen molar-refractivity contribution in [3.8, 4) is 5.75 Å². The van der Waals surface area contributed by atoms with Gasteiger partial charge < -0.3 is 4.74 Å². The topological polar surface area (TPSA) is 9.23 Å². The van der Waals surface area contributed by atoms with E-state index < -0.39 is 0 Å². The van der Waals surface area contributed by atoms with Crippen LogP contribution in [0.2, 0.25) is 0 Å². The molecule has 0 aliphatic rings. The van der Waals surface area contributed by atoms with Crippen molar-refractivity contribution in [3.05, 3.63) is 137 Å². The Hall–Kier alpha value is -3.65. The molecule has 4 aromatic rings. The number of aryl methyl sites for hydroxylation is 1. The number of rotatable bonds is 5. The molecule has 0 fully saturated rings. The van der Waals surface area contributed by atoms with Crippen LogP contribution in [0.15, 0.2) is 103 Å². The maximum absolute atomic E-state index is 13.7. The van der Waals surface area contributed by atoms with Crippen LogP contribution in [0.25, 0.3) is 11.1 Å². The molecular weight excluding hydrogens is 371 g/mol. The van der Waals surface area contributed by atoms with Crippen LogP contribution in [0.4, 0.5) is 4.39 Å². The first-order valence-electron chi connectivity index (χ1n) is 9.93. The highest BCUT2D eigenvalue weighted by atomic mass is 19.1. The van der Waals surface area contributed by atoms with Crippen molar-refractivity contribution in [2.45, 2.75) is 6.92 Å². The van der Waals surface area contributed by atoms with Gasteiger partial charge in [-0.3, -0.25) is 0 Å². The zero-order valence-corrected chi connectivity index (χ0v) is 17.1. The van der Waals surface area contributed by atoms with Gasteiger partial charge in [-0.15, -0.1) is 0 Å². The van der Waals surface area contributed by atoms with E-state index in [4.69, 9.17) is 4.74 Å². The Balaban J connectivity index is 2.05. The predicted molar refractivity (Wildman–Crippen MR) is 122 cm³/mol. The molecule has 0 saturated heterocycles. The van der Waals surface area contributed by atoms with Gasteiger partial charge in [0.05, 0.1) is 7.11 Å². The fraction of sp³-hybridized carbons (Fsp3) is 0.0714. The highest BCUT2D eigenvalue weighted by molar-refractivity contribution is 6.04. The minimum atomic E-state index is -0.243. The van der Waals surface area contributed by atoms with Crippen LogP contribution in [0.5, 0.6) is 5.75 Å². The average molecular weight is 394 g/mol. The summed E-state index contributed by atoms with van der Waals surface area (Å²) >= 11 is 0. The number of halogens is 1. The van der Waals surface area contributed by atoms with Gasteiger partial charge in [0, 0.05) is 0 Å². The lowest BCUT2D eigenvalue weighted by atomic mass is 9.85. The summed E-state index contributed by atoms with van der Waals surface area (Å²) in [5.41, 5.74) is 7.58. The molecule has 0 atom stereocenters. The highest BCUT2D eigenvalue weighted by Gasteiger charge is 2.16. The quantitative estimate of drug-likeness (QED) is 0.327. The van der Waals surface area contributed by atoms with E-state index >= 15 is 0 Å². The first kappa shape index (κ1) is 19.7. The van der Waals surface area contributed by atoms with E-state index in [-0.39, 0.29) is 5.82 Å². The van der Waals surface area contributed by atoms with Gasteiger partial charge in [-0.1, -0.05) is 84.4 Å². The molecule has 2 heteroatoms. The lowest BCUT2D eigenvalue weighted by Gasteiger charge is -2.18. The second-order valence-electron chi connectivity index (χ2n) is 7.22. The summed E-state index contributed by atoms with van der Waals surface area (Å²) in [7, 11) is 1.67. The molecule has 0 aliphatic carbocycles. The minimum absolute atomic E-state index is 0.243. The molecule has 0 aromatic heterocycles. The van der Waals surface area contributed by atoms with E-state index in [1.807, 2.05) is 42.5 Å². The third kappa shape index (κ3) is 4.18. The summed E-state index contributed by atoms with van der Waals surface area (Å²) in [5.74, 6) is 0.567. The van der Waals surface area contributed by atoms with Gasteiger partial charge in [-0.25, -0.2) is 4.39 Å². The lowest BCUT2D eigenvalue weighted by Crippen LogP contribution is -1.98. The van der Waals surface area contributed by atoms with Gasteiger partial charge in [-0.2, -0.15) is 0 Å². The summed E-state index contributed by atoms with van der Waals surface area (Å²) in [6.45, 7) is 2.08. The van der Waals surface area contributed by atoms with Crippen molar-refractivity contribution in [1.29, 1.82) is 0 Å². The fourth-order valence-electron chi connectivity index (χ4n) is 3.61. The molecular formula is C28H23FO. The summed E-state index contributed by atoms with van der Waals surface area (Å²) in [6, 6.07) is 33.6. The second-order valence-corrected chi connectivity index (χ2v) is 7.22. The number of ether oxygens (including phenoxy) is 1. The number of benzene rings is 4. The zero-order valence-electron chi connectivity index (χ0n) is 17.1. The van der Waals surface area contributed by atoms with E-state index in [1.165, 1.54) is 17.7 Å². The molecule has 0 N–H and O–H groups in total. The molecule has 0 radical (unpaired) electrons. The molecule has 4 aromatic carbocycles. The molecule has 0 amide bonds. The SMILES string of the molecule is COc1ccc(/C(=C(/c2ccccc2)c2ccc(F)cc2)c2ccc(C)cc2)cc1. The Morgan fingerprint density at radius 2 is 1.00 bits per heavy atom. The Bertz CT molecular complexity index is 1140. The van der Waals surface area contributed by atoms with Gasteiger partial charge in [0.15, 0.2) is 0 Å². The van der Waals surface area contributed by atoms with E-state index in [0.717, 1.165) is 39.1 Å². The van der Waals surface area contributed by atoms with Gasteiger partial charge in [0.2, 0.25) is 0 Å². The van der Waals surface area contributed by atoms with E-state index in [0.29, 0.717) is 0 Å². The first-order valence-corrected chi connectivity index (χ1v) is 9.93. The average Bonchev–Trinajstić information content (AvgIpc) is 2.80. The van der Waals surface area contributed by atoms with Gasteiger partial charge in [-0.05, 0) is 64.6 Å². The fourth-order valence-corrected chi connectivity index (χ4v) is 3.61. The molecule has 0 spiro atoms. The van der Waals surface area contributed by atoms with Crippen molar-refractivity contribution in [2.24, 2.45) is 0 Å². The monoisotopic (exact) mass is 394 g/mol. The molecule has 30 heavy (non-hydrogen) atoms. The molecule has 0 unspecified atom stereocenters. The number of methoxy groups -OCH3 is 1. The van der Waals surface area contributed by atoms with Crippen LogP contribution in [0.3, 0.4) is 0 Å². The molecule has 0 aliphatic heterocycles. The Labute approximate surface area is 177 Å². The van der Waals surface area contributed by atoms with Crippen molar-refractivity contribution in [3.63, 3.8) is 0 Å². The van der Waals surface area contributed by atoms with Crippen molar-refractivity contribution < 1.29 is 9.13 Å². The highest BCUT2D eigenvalue weighted by Crippen LogP contribution is 2.37. The Morgan fingerprint density at radius 1 is 0.567 bits per heavy atom. The van der Waals surface area contributed by atoms with Crippen LogP contribution in [-0.4, -0.2) is 7.11 Å². The third-order valence-electron chi connectivity index (χ3n) is 5.16. The molecule has 0 heterocycles. The van der Waals surface area contributed by atoms with Crippen LogP contribution in [0, 0.1) is 12.7 Å². The van der Waals surface area contributed by atoms with Crippen molar-refractivity contribution in [1.82, 2.24) is 0 Å². The molecule has 0 bridgehead atoms. The first-order chi connectivity index (χ1) is 14.7. The Morgan fingerprint density at radius 3 is 1.50 bits per heavy atom. The zero-order chi connectivity index (χ0) is 20.9. The largest absolute Gasteiger partial charge is 0.497 e. The minimum Gasteiger partial charge on any atom is -0.497 e. The number of hydrogen-bond donors (Lipinski definition) is 0. The van der Waals surface area contributed by atoms with Gasteiger partial charge >= 0.3 is 0 Å². The predicted octanol–water partition coefficient (Wildman–Crippen LogP) is 7.15. The summed E-state index contributed by atoms with van der Waals surface area (Å²) in [4.78, 5) is 0. The van der Waals surface area contributed by atoms with Crippen LogP contribution in [-0.2, 0) is 0 Å². The van der Waals surface area contributed by atoms with Crippen LogP contribution >= 0.6 is 0 Å². The molecule has 1 nitrogen and oxygen atoms in total. The smallest absolute Gasteiger partial charge is 0.123 e. The van der Waals surface area contributed by atoms with E-state index in [9.17, 15) is 4.39 Å². The third-order valence-corrected chi connectivity index (χ3v) is 5.16. The standard InChI is InChI=1S/C28H23FO/c1-20-8-10-22(11-9-20)28(24-14-18-26(30-2)19-15-24)27(21-6-4-3-5-7-21)23-12-16-25(29)17-13-23/h3-19H,1-2H3/b28-27-. The summed E-state index contributed by atoms with van der Waals surface area (Å²) in [6.07, 6.45) is 0. The molecule has 0 saturated carbocycles. The normalized spacial score (nSPS) is 11.7. The van der Waals surface area contributed by atoms with Crippen LogP contribution in [0.1, 0.15) is 27.8 Å². The van der Waals surface area contributed by atoms with Gasteiger partial charge in [0.25, 0.3) is 0 Å². The number of hydrogen-bond acceptors (Lipinski definition) is 1. The maximum Gasteiger partial charge on any atom is 0.123 e. The summed E-state index contributed by atoms with van der Waals surface area (Å²) in [5, 5.41) is 0. The van der Waals surface area contributed by atoms with Gasteiger partial charge in [0.1, 0.15) is 11.6 Å².